The Labute approximate surface area is 234 Å². The molecule has 1 unspecified atom stereocenters. The number of imidazole rings is 1. The fraction of sp³-hybridized carbons (Fsp3) is 0.704. The maximum absolute atomic E-state index is 13.4. The highest BCUT2D eigenvalue weighted by molar-refractivity contribution is 5.77. The molecule has 0 aliphatic heterocycles. The van der Waals surface area contributed by atoms with Crippen LogP contribution in [0.25, 0.3) is 5.65 Å². The quantitative estimate of drug-likeness (QED) is 0.347. The smallest absolute Gasteiger partial charge is 0.416 e. The van der Waals surface area contributed by atoms with Gasteiger partial charge in [-0.25, -0.2) is 23.1 Å². The van der Waals surface area contributed by atoms with E-state index in [-0.39, 0.29) is 48.7 Å². The lowest BCUT2D eigenvalue weighted by molar-refractivity contribution is -0.265. The molecule has 2 heterocycles. The lowest BCUT2D eigenvalue weighted by Gasteiger charge is -2.34. The van der Waals surface area contributed by atoms with Crippen LogP contribution in [0.3, 0.4) is 0 Å². The van der Waals surface area contributed by atoms with E-state index in [0.29, 0.717) is 11.2 Å². The van der Waals surface area contributed by atoms with Crippen LogP contribution in [0.1, 0.15) is 90.1 Å². The molecular formula is C27H36F5N5O4. The number of aromatic nitrogens is 3. The van der Waals surface area contributed by atoms with Crippen LogP contribution < -0.4 is 10.6 Å². The second kappa shape index (κ2) is 11.0. The second-order valence-electron chi connectivity index (χ2n) is 12.5. The minimum atomic E-state index is -4.65. The summed E-state index contributed by atoms with van der Waals surface area (Å²) in [4.78, 5) is 29.6. The molecule has 2 aromatic heterocycles. The highest BCUT2D eigenvalue weighted by Gasteiger charge is 2.49. The van der Waals surface area contributed by atoms with Crippen LogP contribution >= 0.6 is 0 Å². The van der Waals surface area contributed by atoms with E-state index in [0.717, 1.165) is 26.7 Å². The number of nitrogens with one attached hydrogen (secondary N) is 2. The average molecular weight is 590 g/mol. The molecule has 9 nitrogen and oxygen atoms in total. The number of ether oxygens (including phenoxy) is 2. The normalized spacial score (nSPS) is 19.4. The van der Waals surface area contributed by atoms with Gasteiger partial charge in [-0.2, -0.15) is 18.3 Å². The van der Waals surface area contributed by atoms with Gasteiger partial charge in [-0.15, -0.1) is 0 Å². The minimum Gasteiger partial charge on any atom is -0.444 e. The fourth-order valence-electron chi connectivity index (χ4n) is 4.60. The third-order valence-corrected chi connectivity index (χ3v) is 7.12. The lowest BCUT2D eigenvalue weighted by atomic mass is 9.79. The molecule has 2 fully saturated rings. The number of alkyl carbamates (subject to hydrolysis) is 1. The lowest BCUT2D eigenvalue weighted by Crippen LogP contribution is -2.44. The van der Waals surface area contributed by atoms with Crippen molar-refractivity contribution in [1.82, 2.24) is 25.2 Å². The Morgan fingerprint density at radius 2 is 1.78 bits per heavy atom. The Hall–Kier alpha value is -3.03. The highest BCUT2D eigenvalue weighted by atomic mass is 19.4. The molecule has 0 saturated heterocycles. The molecule has 0 spiro atoms. The van der Waals surface area contributed by atoms with Gasteiger partial charge in [0.05, 0.1) is 36.8 Å². The molecule has 41 heavy (non-hydrogen) atoms. The van der Waals surface area contributed by atoms with Gasteiger partial charge in [0.25, 0.3) is 0 Å². The predicted octanol–water partition coefficient (Wildman–Crippen LogP) is 5.66. The first-order valence-electron chi connectivity index (χ1n) is 13.5. The summed E-state index contributed by atoms with van der Waals surface area (Å²) in [6, 6.07) is 0.214. The Morgan fingerprint density at radius 3 is 2.34 bits per heavy atom. The van der Waals surface area contributed by atoms with Crippen LogP contribution in [-0.4, -0.2) is 56.5 Å². The number of halogens is 5. The number of rotatable bonds is 10. The highest BCUT2D eigenvalue weighted by Crippen LogP contribution is 2.45. The molecule has 0 aromatic carbocycles. The van der Waals surface area contributed by atoms with Crippen molar-refractivity contribution in [2.45, 2.75) is 102 Å². The number of nitrogens with zero attached hydrogens (tertiary/aromatic N) is 3. The molecule has 2 aromatic rings. The molecule has 14 heteroatoms. The van der Waals surface area contributed by atoms with Gasteiger partial charge in [0.1, 0.15) is 5.60 Å². The van der Waals surface area contributed by atoms with Gasteiger partial charge in [-0.05, 0) is 70.9 Å². The number of alkyl halides is 5. The van der Waals surface area contributed by atoms with Crippen LogP contribution in [-0.2, 0) is 14.3 Å². The zero-order valence-electron chi connectivity index (χ0n) is 23.6. The first-order valence-corrected chi connectivity index (χ1v) is 13.5. The number of carbonyl (C=O) groups is 2. The van der Waals surface area contributed by atoms with E-state index in [1.54, 1.807) is 33.0 Å². The van der Waals surface area contributed by atoms with E-state index >= 15 is 0 Å². The standard InChI is InChI=1S/C27H36F5N5O4/c1-24(2,3)41-23(39)35-19(14-40-25(4,5)27(30,31)32)18-13-37-20(34-18)9-17(12-33-37)22(16-6-7-16)36-21(38)8-15-10-26(28,29)11-15/h9,12-13,15-16,19,22H,6-8,10-11,14H2,1-5H3,(H,35,39)(H,36,38)/t19-,22?/m0/s1. The summed E-state index contributed by atoms with van der Waals surface area (Å²) in [5.41, 5.74) is -2.15. The number of amides is 2. The van der Waals surface area contributed by atoms with Crippen molar-refractivity contribution in [3.05, 3.63) is 29.7 Å². The van der Waals surface area contributed by atoms with Gasteiger partial charge in [-0.3, -0.25) is 4.79 Å². The van der Waals surface area contributed by atoms with E-state index < -0.39 is 42.0 Å². The zero-order chi connectivity index (χ0) is 30.4. The summed E-state index contributed by atoms with van der Waals surface area (Å²) in [6.07, 6.45) is -1.29. The Bertz CT molecular complexity index is 1260. The number of fused-ring (bicyclic) bond motifs is 1. The first-order chi connectivity index (χ1) is 18.8. The van der Waals surface area contributed by atoms with Gasteiger partial charge in [0, 0.05) is 19.3 Å². The third-order valence-electron chi connectivity index (χ3n) is 7.12. The molecule has 4 rings (SSSR count). The minimum absolute atomic E-state index is 0.0221. The van der Waals surface area contributed by atoms with Gasteiger partial charge in [-0.1, -0.05) is 0 Å². The monoisotopic (exact) mass is 589 g/mol. The van der Waals surface area contributed by atoms with Gasteiger partial charge >= 0.3 is 12.3 Å². The average Bonchev–Trinajstić information content (AvgIpc) is 3.54. The Kier molecular flexibility index (Phi) is 8.29. The van der Waals surface area contributed by atoms with Gasteiger partial charge < -0.3 is 20.1 Å². The van der Waals surface area contributed by atoms with Crippen molar-refractivity contribution in [1.29, 1.82) is 0 Å². The molecule has 2 atom stereocenters. The number of hydrogen-bond acceptors (Lipinski definition) is 6. The van der Waals surface area contributed by atoms with E-state index in [1.807, 2.05) is 0 Å². The molecule has 2 saturated carbocycles. The van der Waals surface area contributed by atoms with Crippen LogP contribution in [0.2, 0.25) is 0 Å². The van der Waals surface area contributed by atoms with E-state index in [9.17, 15) is 31.5 Å². The number of hydrogen-bond donors (Lipinski definition) is 2. The summed E-state index contributed by atoms with van der Waals surface area (Å²) in [7, 11) is 0. The maximum Gasteiger partial charge on any atom is 0.416 e. The topological polar surface area (TPSA) is 107 Å². The van der Waals surface area contributed by atoms with Crippen molar-refractivity contribution < 1.29 is 41.0 Å². The molecule has 0 radical (unpaired) electrons. The first kappa shape index (κ1) is 30.9. The molecule has 2 N–H and O–H groups in total. The van der Waals surface area contributed by atoms with Crippen molar-refractivity contribution in [2.24, 2.45) is 11.8 Å². The molecule has 2 aliphatic rings. The third kappa shape index (κ3) is 8.04. The SMILES string of the molecule is CC(C)(C)OC(=O)N[C@@H](COC(C)(C)C(F)(F)F)c1cn2ncc(C(NC(=O)CC3CC(F)(F)C3)C3CC3)cc2n1. The van der Waals surface area contributed by atoms with Crippen LogP contribution in [0, 0.1) is 11.8 Å². The number of carbonyl (C=O) groups excluding carboxylic acids is 2. The second-order valence-corrected chi connectivity index (χ2v) is 12.5. The molecule has 2 aliphatic carbocycles. The van der Waals surface area contributed by atoms with Gasteiger partial charge in [0.2, 0.25) is 11.8 Å². The predicted molar refractivity (Wildman–Crippen MR) is 137 cm³/mol. The van der Waals surface area contributed by atoms with E-state index in [4.69, 9.17) is 9.47 Å². The largest absolute Gasteiger partial charge is 0.444 e. The zero-order valence-corrected chi connectivity index (χ0v) is 23.6. The maximum atomic E-state index is 13.4. The summed E-state index contributed by atoms with van der Waals surface area (Å²) >= 11 is 0. The van der Waals surface area contributed by atoms with E-state index in [1.165, 1.54) is 10.7 Å². The molecule has 228 valence electrons. The van der Waals surface area contributed by atoms with E-state index in [2.05, 4.69) is 20.7 Å². The molecule has 2 amide bonds. The molecular weight excluding hydrogens is 553 g/mol. The van der Waals surface area contributed by atoms with Crippen LogP contribution in [0.15, 0.2) is 18.5 Å². The Morgan fingerprint density at radius 1 is 1.12 bits per heavy atom. The Balaban J connectivity index is 1.53. The van der Waals surface area contributed by atoms with Crippen LogP contribution in [0.5, 0.6) is 0 Å². The van der Waals surface area contributed by atoms with Crippen molar-refractivity contribution in [3.8, 4) is 0 Å². The van der Waals surface area contributed by atoms with Crippen molar-refractivity contribution >= 4 is 17.6 Å². The summed E-state index contributed by atoms with van der Waals surface area (Å²) in [6.45, 7) is 6.17. The fourth-order valence-corrected chi connectivity index (χ4v) is 4.60. The van der Waals surface area contributed by atoms with Crippen LogP contribution in [0.4, 0.5) is 26.7 Å². The van der Waals surface area contributed by atoms with Crippen molar-refractivity contribution in [2.75, 3.05) is 6.61 Å². The summed E-state index contributed by atoms with van der Waals surface area (Å²) < 4.78 is 78.5. The van der Waals surface area contributed by atoms with Crippen molar-refractivity contribution in [3.63, 3.8) is 0 Å². The van der Waals surface area contributed by atoms with Gasteiger partial charge in [0.15, 0.2) is 11.2 Å². The molecule has 0 bridgehead atoms. The summed E-state index contributed by atoms with van der Waals surface area (Å²) in [5, 5.41) is 9.84. The summed E-state index contributed by atoms with van der Waals surface area (Å²) in [5.74, 6) is -3.19.